The summed E-state index contributed by atoms with van der Waals surface area (Å²) in [7, 11) is 0. The van der Waals surface area contributed by atoms with Gasteiger partial charge in [-0.15, -0.1) is 0 Å². The van der Waals surface area contributed by atoms with Crippen LogP contribution in [-0.2, 0) is 10.5 Å². The summed E-state index contributed by atoms with van der Waals surface area (Å²) >= 11 is 18.6. The number of hydrazine groups is 1. The molecule has 0 aromatic heterocycles. The summed E-state index contributed by atoms with van der Waals surface area (Å²) in [5, 5.41) is 9.62. The van der Waals surface area contributed by atoms with Crippen LogP contribution >= 0.6 is 34.8 Å². The van der Waals surface area contributed by atoms with Crippen LogP contribution in [0.3, 0.4) is 0 Å². The predicted molar refractivity (Wildman–Crippen MR) is 122 cm³/mol. The van der Waals surface area contributed by atoms with Crippen LogP contribution in [0.25, 0.3) is 0 Å². The molecule has 1 saturated heterocycles. The van der Waals surface area contributed by atoms with Gasteiger partial charge in [-0.25, -0.2) is 10.0 Å². The maximum absolute atomic E-state index is 13.0. The first kappa shape index (κ1) is 21.4. The van der Waals surface area contributed by atoms with Crippen molar-refractivity contribution in [3.05, 3.63) is 63.1 Å². The number of hydrogen-bond acceptors (Lipinski definition) is 5. The fourth-order valence-corrected chi connectivity index (χ4v) is 4.41. The minimum absolute atomic E-state index is 0.216. The highest BCUT2D eigenvalue weighted by Crippen LogP contribution is 2.41. The van der Waals surface area contributed by atoms with Crippen LogP contribution in [0.5, 0.6) is 0 Å². The monoisotopic (exact) mass is 465 g/mol. The quantitative estimate of drug-likeness (QED) is 0.694. The first-order valence-electron chi connectivity index (χ1n) is 9.80. The van der Waals surface area contributed by atoms with Crippen LogP contribution in [0.15, 0.2) is 47.6 Å². The van der Waals surface area contributed by atoms with E-state index in [4.69, 9.17) is 40.5 Å². The maximum Gasteiger partial charge on any atom is 0.281 e. The van der Waals surface area contributed by atoms with Crippen molar-refractivity contribution in [3.8, 4) is 0 Å². The van der Waals surface area contributed by atoms with Crippen molar-refractivity contribution in [2.24, 2.45) is 10.8 Å². The van der Waals surface area contributed by atoms with E-state index in [0.717, 1.165) is 31.5 Å². The van der Waals surface area contributed by atoms with Gasteiger partial charge in [0.25, 0.3) is 5.91 Å². The van der Waals surface area contributed by atoms with E-state index < -0.39 is 5.66 Å². The summed E-state index contributed by atoms with van der Waals surface area (Å²) < 4.78 is 0. The van der Waals surface area contributed by atoms with E-state index in [2.05, 4.69) is 10.5 Å². The number of nitrogens with one attached hydrogen (secondary N) is 1. The van der Waals surface area contributed by atoms with Gasteiger partial charge in [0, 0.05) is 29.6 Å². The number of amides is 1. The molecule has 30 heavy (non-hydrogen) atoms. The Balaban J connectivity index is 1.69. The van der Waals surface area contributed by atoms with Gasteiger partial charge in [-0.05, 0) is 48.7 Å². The molecule has 2 aliphatic heterocycles. The highest BCUT2D eigenvalue weighted by molar-refractivity contribution is 6.40. The van der Waals surface area contributed by atoms with Crippen molar-refractivity contribution in [2.75, 3.05) is 18.1 Å². The SMILES string of the molecule is N[C@]1(c2ccc(Cl)cc2)CC(C(=O)NN2CCCCC2)=NN1c1ccc(Cl)cc1Cl. The zero-order valence-electron chi connectivity index (χ0n) is 16.2. The van der Waals surface area contributed by atoms with Crippen LogP contribution in [0, 0.1) is 0 Å². The number of rotatable bonds is 4. The van der Waals surface area contributed by atoms with Gasteiger partial charge in [-0.3, -0.25) is 10.2 Å². The summed E-state index contributed by atoms with van der Waals surface area (Å²) in [6.45, 7) is 1.66. The van der Waals surface area contributed by atoms with Crippen LogP contribution in [0.2, 0.25) is 15.1 Å². The molecule has 1 fully saturated rings. The Kier molecular flexibility index (Phi) is 6.23. The van der Waals surface area contributed by atoms with E-state index in [1.807, 2.05) is 17.1 Å². The van der Waals surface area contributed by atoms with Crippen molar-refractivity contribution in [3.63, 3.8) is 0 Å². The minimum Gasteiger partial charge on any atom is -0.303 e. The third kappa shape index (κ3) is 4.29. The Morgan fingerprint density at radius 3 is 2.33 bits per heavy atom. The molecule has 0 unspecified atom stereocenters. The number of hydrazone groups is 1. The zero-order valence-corrected chi connectivity index (χ0v) is 18.5. The lowest BCUT2D eigenvalue weighted by atomic mass is 9.94. The van der Waals surface area contributed by atoms with Crippen molar-refractivity contribution >= 4 is 52.1 Å². The second kappa shape index (κ2) is 8.73. The molecular weight excluding hydrogens is 445 g/mol. The summed E-state index contributed by atoms with van der Waals surface area (Å²) in [6.07, 6.45) is 3.52. The van der Waals surface area contributed by atoms with Crippen molar-refractivity contribution in [1.29, 1.82) is 0 Å². The van der Waals surface area contributed by atoms with Gasteiger partial charge in [0.15, 0.2) is 0 Å². The Hall–Kier alpha value is -1.83. The standard InChI is InChI=1S/C21H22Cl3N5O/c22-15-6-4-14(5-7-15)21(25)13-18(20(30)27-28-10-2-1-3-11-28)26-29(21)19-9-8-16(23)12-17(19)24/h4-9,12H,1-3,10-11,13,25H2,(H,27,30)/t21-/m1/s1. The summed E-state index contributed by atoms with van der Waals surface area (Å²) in [5.74, 6) is -0.256. The maximum atomic E-state index is 13.0. The third-order valence-corrected chi connectivity index (χ3v) is 6.19. The minimum atomic E-state index is -1.10. The number of piperidine rings is 1. The van der Waals surface area contributed by atoms with Crippen LogP contribution < -0.4 is 16.2 Å². The molecule has 0 bridgehead atoms. The van der Waals surface area contributed by atoms with Gasteiger partial charge >= 0.3 is 0 Å². The second-order valence-corrected chi connectivity index (χ2v) is 8.83. The first-order chi connectivity index (χ1) is 14.4. The second-order valence-electron chi connectivity index (χ2n) is 7.55. The highest BCUT2D eigenvalue weighted by Gasteiger charge is 2.44. The van der Waals surface area contributed by atoms with Crippen LogP contribution in [0.1, 0.15) is 31.2 Å². The number of nitrogens with two attached hydrogens (primary N) is 1. The number of carbonyl (C=O) groups excluding carboxylic acids is 1. The average molecular weight is 467 g/mol. The smallest absolute Gasteiger partial charge is 0.281 e. The molecule has 0 radical (unpaired) electrons. The summed E-state index contributed by atoms with van der Waals surface area (Å²) in [6, 6.07) is 12.3. The Bertz CT molecular complexity index is 975. The van der Waals surface area contributed by atoms with Crippen molar-refractivity contribution in [1.82, 2.24) is 10.4 Å². The number of hydrogen-bond donors (Lipinski definition) is 2. The number of anilines is 1. The molecule has 3 N–H and O–H groups in total. The number of carbonyl (C=O) groups is 1. The predicted octanol–water partition coefficient (Wildman–Crippen LogP) is 4.54. The molecule has 6 nitrogen and oxygen atoms in total. The lowest BCUT2D eigenvalue weighted by Crippen LogP contribution is -2.50. The molecule has 1 amide bonds. The lowest BCUT2D eigenvalue weighted by Gasteiger charge is -2.35. The van der Waals surface area contributed by atoms with E-state index in [9.17, 15) is 4.79 Å². The number of benzene rings is 2. The van der Waals surface area contributed by atoms with Crippen molar-refractivity contribution in [2.45, 2.75) is 31.3 Å². The Labute approximate surface area is 190 Å². The van der Waals surface area contributed by atoms with E-state index in [1.165, 1.54) is 6.42 Å². The molecule has 9 heteroatoms. The van der Waals surface area contributed by atoms with Gasteiger partial charge in [-0.2, -0.15) is 5.10 Å². The largest absolute Gasteiger partial charge is 0.303 e. The van der Waals surface area contributed by atoms with Crippen molar-refractivity contribution < 1.29 is 4.79 Å². The number of nitrogens with zero attached hydrogens (tertiary/aromatic N) is 3. The fraction of sp³-hybridized carbons (Fsp3) is 0.333. The van der Waals surface area contributed by atoms with Gasteiger partial charge in [0.1, 0.15) is 11.4 Å². The molecule has 0 saturated carbocycles. The van der Waals surface area contributed by atoms with E-state index >= 15 is 0 Å². The van der Waals surface area contributed by atoms with Crippen LogP contribution in [-0.4, -0.2) is 29.7 Å². The molecule has 1 atom stereocenters. The molecule has 0 aliphatic carbocycles. The van der Waals surface area contributed by atoms with Gasteiger partial charge < -0.3 is 5.73 Å². The Morgan fingerprint density at radius 2 is 1.67 bits per heavy atom. The molecule has 2 aromatic rings. The normalized spacial score (nSPS) is 22.1. The molecule has 2 aromatic carbocycles. The Morgan fingerprint density at radius 1 is 1.00 bits per heavy atom. The van der Waals surface area contributed by atoms with Gasteiger partial charge in [0.05, 0.1) is 10.7 Å². The zero-order chi connectivity index (χ0) is 21.3. The molecule has 0 spiro atoms. The molecule has 4 rings (SSSR count). The topological polar surface area (TPSA) is 74.0 Å². The van der Waals surface area contributed by atoms with E-state index in [-0.39, 0.29) is 12.3 Å². The molecule has 158 valence electrons. The third-order valence-electron chi connectivity index (χ3n) is 5.40. The molecular formula is C21H22Cl3N5O. The molecule has 2 heterocycles. The van der Waals surface area contributed by atoms with Crippen LogP contribution in [0.4, 0.5) is 5.69 Å². The fourth-order valence-electron chi connectivity index (χ4n) is 3.80. The van der Waals surface area contributed by atoms with E-state index in [1.54, 1.807) is 35.3 Å². The molecule has 2 aliphatic rings. The summed E-state index contributed by atoms with van der Waals surface area (Å²) in [4.78, 5) is 13.0. The lowest BCUT2D eigenvalue weighted by molar-refractivity contribution is -0.119. The van der Waals surface area contributed by atoms with Gasteiger partial charge in [0.2, 0.25) is 0 Å². The highest BCUT2D eigenvalue weighted by atomic mass is 35.5. The first-order valence-corrected chi connectivity index (χ1v) is 10.9. The summed E-state index contributed by atoms with van der Waals surface area (Å²) in [5.41, 5.74) is 10.4. The number of halogens is 3. The van der Waals surface area contributed by atoms with E-state index in [0.29, 0.717) is 26.5 Å². The van der Waals surface area contributed by atoms with Gasteiger partial charge in [-0.1, -0.05) is 53.4 Å². The average Bonchev–Trinajstić information content (AvgIpc) is 3.08.